The predicted octanol–water partition coefficient (Wildman–Crippen LogP) is 3.11. The number of rotatable bonds is 8. The van der Waals surface area contributed by atoms with E-state index < -0.39 is 12.8 Å². The first kappa shape index (κ1) is 18.9. The summed E-state index contributed by atoms with van der Waals surface area (Å²) in [6.45, 7) is -1.58. The zero-order valence-corrected chi connectivity index (χ0v) is 13.1. The van der Waals surface area contributed by atoms with Gasteiger partial charge in [-0.05, 0) is 24.3 Å². The van der Waals surface area contributed by atoms with Crippen molar-refractivity contribution in [1.29, 1.82) is 0 Å². The molecular weight excluding hydrogens is 344 g/mol. The van der Waals surface area contributed by atoms with E-state index in [0.29, 0.717) is 17.2 Å². The minimum Gasteiger partial charge on any atom is -0.441 e. The number of oxazole rings is 1. The summed E-state index contributed by atoms with van der Waals surface area (Å²) < 4.78 is 58.3. The van der Waals surface area contributed by atoms with Gasteiger partial charge in [-0.15, -0.1) is 0 Å². The van der Waals surface area contributed by atoms with E-state index >= 15 is 0 Å². The molecule has 1 amide bonds. The fourth-order valence-corrected chi connectivity index (χ4v) is 1.93. The van der Waals surface area contributed by atoms with Crippen LogP contribution in [-0.4, -0.2) is 36.8 Å². The Hall–Kier alpha value is -2.42. The highest BCUT2D eigenvalue weighted by atomic mass is 19.4. The molecule has 0 unspecified atom stereocenters. The minimum atomic E-state index is -4.38. The molecule has 0 aliphatic carbocycles. The molecule has 0 saturated heterocycles. The van der Waals surface area contributed by atoms with Gasteiger partial charge in [0.05, 0.1) is 12.8 Å². The van der Waals surface area contributed by atoms with Crippen molar-refractivity contribution in [3.8, 4) is 11.3 Å². The van der Waals surface area contributed by atoms with Crippen molar-refractivity contribution in [3.63, 3.8) is 0 Å². The van der Waals surface area contributed by atoms with E-state index in [1.807, 2.05) is 0 Å². The molecule has 1 aromatic carbocycles. The molecule has 1 aromatic heterocycles. The third kappa shape index (κ3) is 6.92. The summed E-state index contributed by atoms with van der Waals surface area (Å²) in [6, 6.07) is 5.69. The molecule has 0 radical (unpaired) electrons. The van der Waals surface area contributed by atoms with Crippen LogP contribution in [0, 0.1) is 5.82 Å². The third-order valence-corrected chi connectivity index (χ3v) is 3.08. The van der Waals surface area contributed by atoms with Crippen LogP contribution in [0.4, 0.5) is 17.6 Å². The van der Waals surface area contributed by atoms with Crippen LogP contribution in [-0.2, 0) is 16.0 Å². The van der Waals surface area contributed by atoms with Crippen LogP contribution in [0.3, 0.4) is 0 Å². The maximum absolute atomic E-state index is 12.9. The second-order valence-electron chi connectivity index (χ2n) is 5.14. The number of nitrogens with zero attached hydrogens (tertiary/aromatic N) is 1. The fraction of sp³-hybridized carbons (Fsp3) is 0.375. The number of aromatic nitrogens is 1. The van der Waals surface area contributed by atoms with Crippen molar-refractivity contribution in [2.75, 3.05) is 19.8 Å². The number of alkyl halides is 3. The molecule has 0 saturated carbocycles. The first-order chi connectivity index (χ1) is 11.8. The summed E-state index contributed by atoms with van der Waals surface area (Å²) in [5, 5.41) is 2.44. The van der Waals surface area contributed by atoms with E-state index in [-0.39, 0.29) is 37.7 Å². The Balaban J connectivity index is 1.69. The third-order valence-electron chi connectivity index (χ3n) is 3.08. The summed E-state index contributed by atoms with van der Waals surface area (Å²) in [4.78, 5) is 15.6. The first-order valence-electron chi connectivity index (χ1n) is 7.45. The number of hydrogen-bond donors (Lipinski definition) is 1. The average Bonchev–Trinajstić information content (AvgIpc) is 3.01. The molecule has 0 atom stereocenters. The van der Waals surface area contributed by atoms with Crippen LogP contribution >= 0.6 is 0 Å². The van der Waals surface area contributed by atoms with Crippen LogP contribution in [0.2, 0.25) is 0 Å². The van der Waals surface area contributed by atoms with E-state index in [1.165, 1.54) is 18.3 Å². The van der Waals surface area contributed by atoms with E-state index in [9.17, 15) is 22.4 Å². The maximum atomic E-state index is 12.9. The molecule has 2 aromatic rings. The minimum absolute atomic E-state index is 0.0126. The van der Waals surface area contributed by atoms with Crippen molar-refractivity contribution < 1.29 is 31.5 Å². The van der Waals surface area contributed by atoms with Gasteiger partial charge in [-0.1, -0.05) is 0 Å². The molecule has 0 aliphatic heterocycles. The standard InChI is InChI=1S/C16H16F4N2O3/c17-12-3-1-11(2-4-12)13-9-22-15(25-13)6-5-14(23)21-7-8-24-10-16(18,19)20/h1-4,9H,5-8,10H2,(H,21,23). The highest BCUT2D eigenvalue weighted by molar-refractivity contribution is 5.76. The maximum Gasteiger partial charge on any atom is 0.411 e. The zero-order chi connectivity index (χ0) is 18.3. The highest BCUT2D eigenvalue weighted by Gasteiger charge is 2.27. The molecule has 1 N–H and O–H groups in total. The molecule has 136 valence electrons. The molecular formula is C16H16F4N2O3. The molecule has 0 spiro atoms. The van der Waals surface area contributed by atoms with E-state index in [0.717, 1.165) is 0 Å². The van der Waals surface area contributed by atoms with Crippen molar-refractivity contribution in [1.82, 2.24) is 10.3 Å². The molecule has 2 rings (SSSR count). The van der Waals surface area contributed by atoms with Gasteiger partial charge in [0.2, 0.25) is 5.91 Å². The van der Waals surface area contributed by atoms with Crippen LogP contribution in [0.15, 0.2) is 34.9 Å². The number of carbonyl (C=O) groups is 1. The predicted molar refractivity (Wildman–Crippen MR) is 80.1 cm³/mol. The Morgan fingerprint density at radius 2 is 1.96 bits per heavy atom. The Morgan fingerprint density at radius 1 is 1.24 bits per heavy atom. The van der Waals surface area contributed by atoms with Gasteiger partial charge in [-0.2, -0.15) is 13.2 Å². The van der Waals surface area contributed by atoms with Crippen LogP contribution in [0.25, 0.3) is 11.3 Å². The van der Waals surface area contributed by atoms with Gasteiger partial charge in [0, 0.05) is 24.9 Å². The molecule has 0 fully saturated rings. The van der Waals surface area contributed by atoms with Crippen LogP contribution < -0.4 is 5.32 Å². The van der Waals surface area contributed by atoms with Crippen molar-refractivity contribution in [2.45, 2.75) is 19.0 Å². The van der Waals surface area contributed by atoms with Gasteiger partial charge < -0.3 is 14.5 Å². The Kier molecular flexibility index (Phi) is 6.51. The topological polar surface area (TPSA) is 64.4 Å². The van der Waals surface area contributed by atoms with Gasteiger partial charge >= 0.3 is 6.18 Å². The number of aryl methyl sites for hydroxylation is 1. The number of ether oxygens (including phenoxy) is 1. The molecule has 0 aliphatic rings. The molecule has 5 nitrogen and oxygen atoms in total. The van der Waals surface area contributed by atoms with E-state index in [4.69, 9.17) is 4.42 Å². The number of carbonyl (C=O) groups excluding carboxylic acids is 1. The van der Waals surface area contributed by atoms with E-state index in [2.05, 4.69) is 15.0 Å². The van der Waals surface area contributed by atoms with Gasteiger partial charge in [0.25, 0.3) is 0 Å². The second-order valence-corrected chi connectivity index (χ2v) is 5.14. The molecule has 1 heterocycles. The lowest BCUT2D eigenvalue weighted by Crippen LogP contribution is -2.29. The smallest absolute Gasteiger partial charge is 0.411 e. The Morgan fingerprint density at radius 3 is 2.64 bits per heavy atom. The van der Waals surface area contributed by atoms with Crippen molar-refractivity contribution in [2.24, 2.45) is 0 Å². The second kappa shape index (κ2) is 8.61. The largest absolute Gasteiger partial charge is 0.441 e. The Labute approximate surface area is 141 Å². The monoisotopic (exact) mass is 360 g/mol. The zero-order valence-electron chi connectivity index (χ0n) is 13.1. The number of amides is 1. The highest BCUT2D eigenvalue weighted by Crippen LogP contribution is 2.21. The SMILES string of the molecule is O=C(CCc1ncc(-c2ccc(F)cc2)o1)NCCOCC(F)(F)F. The van der Waals surface area contributed by atoms with Gasteiger partial charge in [0.15, 0.2) is 11.7 Å². The normalized spacial score (nSPS) is 11.5. The number of nitrogens with one attached hydrogen (secondary N) is 1. The lowest BCUT2D eigenvalue weighted by molar-refractivity contribution is -0.173. The average molecular weight is 360 g/mol. The molecule has 9 heteroatoms. The summed E-state index contributed by atoms with van der Waals surface area (Å²) in [5.74, 6) is 0.0790. The van der Waals surface area contributed by atoms with Crippen molar-refractivity contribution in [3.05, 3.63) is 42.2 Å². The first-order valence-corrected chi connectivity index (χ1v) is 7.45. The lowest BCUT2D eigenvalue weighted by atomic mass is 10.2. The molecule has 0 bridgehead atoms. The van der Waals surface area contributed by atoms with Gasteiger partial charge in [-0.3, -0.25) is 4.79 Å². The van der Waals surface area contributed by atoms with E-state index in [1.54, 1.807) is 12.1 Å². The summed E-state index contributed by atoms with van der Waals surface area (Å²) in [6.07, 6.45) is -2.60. The number of hydrogen-bond acceptors (Lipinski definition) is 4. The van der Waals surface area contributed by atoms with Crippen molar-refractivity contribution >= 4 is 5.91 Å². The quantitative estimate of drug-likeness (QED) is 0.580. The number of halogens is 4. The van der Waals surface area contributed by atoms with Crippen LogP contribution in [0.1, 0.15) is 12.3 Å². The summed E-state index contributed by atoms with van der Waals surface area (Å²) in [5.41, 5.74) is 0.659. The Bertz CT molecular complexity index is 683. The summed E-state index contributed by atoms with van der Waals surface area (Å²) in [7, 11) is 0. The van der Waals surface area contributed by atoms with Crippen LogP contribution in [0.5, 0.6) is 0 Å². The fourth-order valence-electron chi connectivity index (χ4n) is 1.93. The number of benzene rings is 1. The van der Waals surface area contributed by atoms with Gasteiger partial charge in [-0.25, -0.2) is 9.37 Å². The lowest BCUT2D eigenvalue weighted by Gasteiger charge is -2.08. The summed E-state index contributed by atoms with van der Waals surface area (Å²) >= 11 is 0. The van der Waals surface area contributed by atoms with Gasteiger partial charge in [0.1, 0.15) is 12.4 Å². The molecule has 25 heavy (non-hydrogen) atoms.